The van der Waals surface area contributed by atoms with Gasteiger partial charge in [-0.15, -0.1) is 0 Å². The Kier molecular flexibility index (Phi) is 6.53. The number of aliphatic hydroxyl groups is 1. The van der Waals surface area contributed by atoms with E-state index in [4.69, 9.17) is 19.2 Å². The van der Waals surface area contributed by atoms with E-state index >= 15 is 0 Å². The van der Waals surface area contributed by atoms with E-state index in [1.165, 1.54) is 0 Å². The molecule has 1 aliphatic carbocycles. The zero-order valence-electron chi connectivity index (χ0n) is 10.7. The predicted molar refractivity (Wildman–Crippen MR) is 70.1 cm³/mol. The van der Waals surface area contributed by atoms with Crippen molar-refractivity contribution in [3.05, 3.63) is 48.4 Å². The quantitative estimate of drug-likeness (QED) is 0.680. The van der Waals surface area contributed by atoms with Gasteiger partial charge < -0.3 is 14.7 Å². The topological polar surface area (TPSA) is 33.8 Å². The van der Waals surface area contributed by atoms with Gasteiger partial charge in [0, 0.05) is 45.0 Å². The zero-order chi connectivity index (χ0) is 13.1. The van der Waals surface area contributed by atoms with Gasteiger partial charge in [-0.1, -0.05) is 12.1 Å². The Morgan fingerprint density at radius 3 is 2.89 bits per heavy atom. The number of benzene rings is 1. The fourth-order valence-electron chi connectivity index (χ4n) is 2.58. The number of aliphatic hydroxyl groups excluding tert-OH is 1. The molecule has 4 unspecified atom stereocenters. The van der Waals surface area contributed by atoms with Gasteiger partial charge in [0.05, 0.1) is 19.7 Å². The minimum Gasteiger partial charge on any atom is -0.665 e. The van der Waals surface area contributed by atoms with Crippen LogP contribution in [-0.4, -0.2) is 25.1 Å². The zero-order valence-corrected chi connectivity index (χ0v) is 13.5. The van der Waals surface area contributed by atoms with Crippen molar-refractivity contribution >= 4 is 7.85 Å². The molecule has 0 spiro atoms. The average molecular weight is 329 g/mol. The Balaban J connectivity index is 0.00000180. The minimum atomic E-state index is -0.568. The van der Waals surface area contributed by atoms with Gasteiger partial charge in [-0.3, -0.25) is 0 Å². The third-order valence-electron chi connectivity index (χ3n) is 3.62. The van der Waals surface area contributed by atoms with Gasteiger partial charge in [-0.25, -0.2) is 6.57 Å². The van der Waals surface area contributed by atoms with E-state index < -0.39 is 6.10 Å². The molecular formula is C14H15BNO2Y-. The monoisotopic (exact) mass is 329 g/mol. The summed E-state index contributed by atoms with van der Waals surface area (Å²) in [5.41, 5.74) is 1.05. The summed E-state index contributed by atoms with van der Waals surface area (Å²) in [6.45, 7) is 7.18. The van der Waals surface area contributed by atoms with Crippen LogP contribution in [-0.2, 0) is 39.1 Å². The van der Waals surface area contributed by atoms with Crippen LogP contribution in [0.25, 0.3) is 4.85 Å². The molecule has 0 aromatic heterocycles. The van der Waals surface area contributed by atoms with E-state index in [9.17, 15) is 5.11 Å². The van der Waals surface area contributed by atoms with Crippen molar-refractivity contribution in [2.24, 2.45) is 5.92 Å². The molecule has 3 radical (unpaired) electrons. The van der Waals surface area contributed by atoms with Gasteiger partial charge in [0.1, 0.15) is 0 Å². The molecule has 1 fully saturated rings. The van der Waals surface area contributed by atoms with Crippen molar-refractivity contribution in [3.8, 4) is 5.75 Å². The summed E-state index contributed by atoms with van der Waals surface area (Å²) in [7, 11) is 9.34. The molecule has 0 bridgehead atoms. The third-order valence-corrected chi connectivity index (χ3v) is 3.62. The minimum absolute atomic E-state index is 0. The van der Waals surface area contributed by atoms with E-state index in [-0.39, 0.29) is 50.5 Å². The largest absolute Gasteiger partial charge is 0.665 e. The molecule has 1 aliphatic rings. The first kappa shape index (κ1) is 16.7. The van der Waals surface area contributed by atoms with Crippen LogP contribution in [0.2, 0.25) is 5.82 Å². The number of rotatable bonds is 3. The van der Waals surface area contributed by atoms with Crippen molar-refractivity contribution in [2.75, 3.05) is 0 Å². The maximum absolute atomic E-state index is 9.75. The summed E-state index contributed by atoms with van der Waals surface area (Å²) in [6.07, 6.45) is 0.588. The van der Waals surface area contributed by atoms with E-state index in [0.29, 0.717) is 18.6 Å². The molecule has 3 nitrogen and oxygen atoms in total. The van der Waals surface area contributed by atoms with E-state index in [2.05, 4.69) is 12.0 Å². The van der Waals surface area contributed by atoms with Gasteiger partial charge in [0.15, 0.2) is 0 Å². The van der Waals surface area contributed by atoms with E-state index in [0.717, 1.165) is 5.56 Å². The molecule has 19 heavy (non-hydrogen) atoms. The maximum atomic E-state index is 9.75. The molecule has 5 heteroatoms. The summed E-state index contributed by atoms with van der Waals surface area (Å²) >= 11 is 0. The molecule has 1 saturated carbocycles. The van der Waals surface area contributed by atoms with Crippen LogP contribution >= 0.6 is 0 Å². The van der Waals surface area contributed by atoms with E-state index in [1.807, 2.05) is 24.3 Å². The van der Waals surface area contributed by atoms with E-state index in [1.54, 1.807) is 0 Å². The van der Waals surface area contributed by atoms with Crippen LogP contribution in [0.5, 0.6) is 5.75 Å². The second-order valence-electron chi connectivity index (χ2n) is 4.74. The fourth-order valence-corrected chi connectivity index (χ4v) is 2.58. The first-order valence-corrected chi connectivity index (χ1v) is 5.97. The molecule has 0 amide bonds. The summed E-state index contributed by atoms with van der Waals surface area (Å²) in [4.78, 5) is 3.57. The van der Waals surface area contributed by atoms with Gasteiger partial charge in [-0.05, 0) is 29.9 Å². The Hall–Kier alpha value is -0.361. The number of nitrogens with zero attached hydrogens (tertiary/aromatic N) is 1. The van der Waals surface area contributed by atoms with Crippen molar-refractivity contribution in [3.63, 3.8) is 0 Å². The van der Waals surface area contributed by atoms with Crippen molar-refractivity contribution < 1.29 is 42.6 Å². The molecule has 2 rings (SSSR count). The first-order valence-electron chi connectivity index (χ1n) is 5.97. The second-order valence-corrected chi connectivity index (χ2v) is 4.74. The smallest absolute Gasteiger partial charge is 0.228 e. The molecule has 1 aromatic rings. The Morgan fingerprint density at radius 1 is 1.53 bits per heavy atom. The maximum Gasteiger partial charge on any atom is 0.228 e. The SMILES string of the molecule is [B]C1C(O)CC([N+]#[C-])C1Cc1cccc(O[CH2-])c1.[Y]. The molecule has 4 atom stereocenters. The van der Waals surface area contributed by atoms with Gasteiger partial charge in [0.25, 0.3) is 0 Å². The van der Waals surface area contributed by atoms with Gasteiger partial charge >= 0.3 is 0 Å². The van der Waals surface area contributed by atoms with Crippen LogP contribution in [0.4, 0.5) is 0 Å². The third kappa shape index (κ3) is 3.81. The summed E-state index contributed by atoms with van der Waals surface area (Å²) in [5, 5.41) is 9.75. The van der Waals surface area contributed by atoms with Crippen molar-refractivity contribution in [2.45, 2.75) is 30.8 Å². The molecule has 0 aliphatic heterocycles. The van der Waals surface area contributed by atoms with Crippen LogP contribution in [0.15, 0.2) is 24.3 Å². The molecule has 1 aromatic carbocycles. The molecule has 1 N–H and O–H groups in total. The van der Waals surface area contributed by atoms with Crippen LogP contribution in [0.1, 0.15) is 12.0 Å². The first-order chi connectivity index (χ1) is 8.65. The Labute approximate surface area is 140 Å². The summed E-state index contributed by atoms with van der Waals surface area (Å²) in [6, 6.07) is 7.39. The second kappa shape index (κ2) is 7.43. The molecule has 95 valence electrons. The number of hydrogen-bond acceptors (Lipinski definition) is 2. The molecule has 0 heterocycles. The van der Waals surface area contributed by atoms with Crippen molar-refractivity contribution in [1.82, 2.24) is 0 Å². The Morgan fingerprint density at radius 2 is 2.26 bits per heavy atom. The standard InChI is InChI=1S/C14H15BNO2.Y/c1-16-12-8-13(17)14(15)11(12)7-9-4-3-5-10(6-9)18-2;/h3-6,11-14,17H,2,7-8H2;/q-1;. The number of ether oxygens (including phenoxy) is 1. The molecule has 0 saturated heterocycles. The Bertz CT molecular complexity index is 463. The summed E-state index contributed by atoms with van der Waals surface area (Å²) < 4.78 is 4.93. The fraction of sp³-hybridized carbons (Fsp3) is 0.429. The van der Waals surface area contributed by atoms with Crippen molar-refractivity contribution in [1.29, 1.82) is 0 Å². The number of hydrogen-bond donors (Lipinski definition) is 1. The summed E-state index contributed by atoms with van der Waals surface area (Å²) in [5.74, 6) is 0.366. The average Bonchev–Trinajstić information content (AvgIpc) is 2.67. The van der Waals surface area contributed by atoms with Crippen LogP contribution in [0.3, 0.4) is 0 Å². The predicted octanol–water partition coefficient (Wildman–Crippen LogP) is 2.02. The molecular weight excluding hydrogens is 314 g/mol. The normalized spacial score (nSPS) is 29.3. The van der Waals surface area contributed by atoms with Crippen LogP contribution in [0, 0.1) is 19.6 Å². The van der Waals surface area contributed by atoms with Gasteiger partial charge in [-0.2, -0.15) is 7.11 Å². The van der Waals surface area contributed by atoms with Gasteiger partial charge in [0.2, 0.25) is 6.04 Å². The van der Waals surface area contributed by atoms with Crippen LogP contribution < -0.4 is 4.74 Å².